The average Bonchev–Trinajstić information content (AvgIpc) is 3.05. The normalized spacial score (nSPS) is 22.7. The Balaban J connectivity index is 1.59. The molecule has 26 heavy (non-hydrogen) atoms. The van der Waals surface area contributed by atoms with E-state index >= 15 is 0 Å². The minimum atomic E-state index is -0.785. The first kappa shape index (κ1) is 19.1. The van der Waals surface area contributed by atoms with Crippen molar-refractivity contribution in [3.63, 3.8) is 0 Å². The summed E-state index contributed by atoms with van der Waals surface area (Å²) in [4.78, 5) is 16.6. The zero-order valence-electron chi connectivity index (χ0n) is 16.1. The van der Waals surface area contributed by atoms with Crippen molar-refractivity contribution in [3.8, 4) is 0 Å². The summed E-state index contributed by atoms with van der Waals surface area (Å²) in [5, 5.41) is 0. The molecular weight excluding hydrogens is 335 g/mol. The number of piperidine rings is 1. The third kappa shape index (κ3) is 3.71. The standard InChI is InChI=1S/C20H29FN2O3/c1-19(2,25-4)18(24)23-11-9-20(10-12-23)13-17(14-26-20)22(3)16-7-5-15(21)6-8-16/h5-8,17H,9-14H2,1-4H3/t17-/m0/s1. The van der Waals surface area contributed by atoms with Crippen LogP contribution in [0.3, 0.4) is 0 Å². The molecule has 0 N–H and O–H groups in total. The first-order valence-electron chi connectivity index (χ1n) is 9.23. The van der Waals surface area contributed by atoms with Gasteiger partial charge >= 0.3 is 0 Å². The summed E-state index contributed by atoms with van der Waals surface area (Å²) in [7, 11) is 3.60. The Labute approximate surface area is 155 Å². The molecule has 2 aliphatic rings. The molecule has 6 heteroatoms. The van der Waals surface area contributed by atoms with Gasteiger partial charge in [-0.1, -0.05) is 0 Å². The minimum Gasteiger partial charge on any atom is -0.373 e. The Morgan fingerprint density at radius 1 is 1.31 bits per heavy atom. The summed E-state index contributed by atoms with van der Waals surface area (Å²) in [6, 6.07) is 6.83. The first-order chi connectivity index (χ1) is 12.3. The van der Waals surface area contributed by atoms with E-state index in [4.69, 9.17) is 9.47 Å². The molecule has 0 bridgehead atoms. The fourth-order valence-electron chi connectivity index (χ4n) is 3.89. The largest absolute Gasteiger partial charge is 0.373 e. The van der Waals surface area contributed by atoms with E-state index in [9.17, 15) is 9.18 Å². The Morgan fingerprint density at radius 2 is 1.92 bits per heavy atom. The van der Waals surface area contributed by atoms with Crippen molar-refractivity contribution in [2.75, 3.05) is 38.8 Å². The Hall–Kier alpha value is -1.66. The maximum absolute atomic E-state index is 13.1. The van der Waals surface area contributed by atoms with Gasteiger partial charge in [-0.15, -0.1) is 0 Å². The third-order valence-corrected chi connectivity index (χ3v) is 5.96. The molecule has 1 aromatic rings. The number of nitrogens with zero attached hydrogens (tertiary/aromatic N) is 2. The number of likely N-dealkylation sites (N-methyl/N-ethyl adjacent to an activating group) is 1. The second-order valence-electron chi connectivity index (χ2n) is 7.95. The Bertz CT molecular complexity index is 639. The smallest absolute Gasteiger partial charge is 0.254 e. The van der Waals surface area contributed by atoms with Gasteiger partial charge in [-0.05, 0) is 57.4 Å². The van der Waals surface area contributed by atoms with E-state index < -0.39 is 5.60 Å². The van der Waals surface area contributed by atoms with Crippen LogP contribution in [0.15, 0.2) is 24.3 Å². The summed E-state index contributed by atoms with van der Waals surface area (Å²) >= 11 is 0. The molecule has 2 aliphatic heterocycles. The number of halogens is 1. The third-order valence-electron chi connectivity index (χ3n) is 5.96. The fraction of sp³-hybridized carbons (Fsp3) is 0.650. The Morgan fingerprint density at radius 3 is 2.50 bits per heavy atom. The van der Waals surface area contributed by atoms with E-state index in [1.807, 2.05) is 11.9 Å². The molecule has 1 spiro atoms. The van der Waals surface area contributed by atoms with Gasteiger partial charge in [0.05, 0.1) is 18.2 Å². The number of methoxy groups -OCH3 is 1. The van der Waals surface area contributed by atoms with E-state index in [2.05, 4.69) is 4.90 Å². The van der Waals surface area contributed by atoms with Gasteiger partial charge < -0.3 is 19.3 Å². The van der Waals surface area contributed by atoms with Crippen LogP contribution < -0.4 is 4.90 Å². The first-order valence-corrected chi connectivity index (χ1v) is 9.23. The molecule has 1 aromatic carbocycles. The van der Waals surface area contributed by atoms with Crippen LogP contribution in [0.1, 0.15) is 33.1 Å². The van der Waals surface area contributed by atoms with Crippen LogP contribution in [0.25, 0.3) is 0 Å². The highest BCUT2D eigenvalue weighted by atomic mass is 19.1. The zero-order chi connectivity index (χ0) is 18.9. The van der Waals surface area contributed by atoms with Gasteiger partial charge in [0.2, 0.25) is 0 Å². The number of benzene rings is 1. The van der Waals surface area contributed by atoms with Crippen LogP contribution in [-0.2, 0) is 14.3 Å². The van der Waals surface area contributed by atoms with Crippen LogP contribution in [0.5, 0.6) is 0 Å². The van der Waals surface area contributed by atoms with Crippen LogP contribution in [-0.4, -0.2) is 61.9 Å². The molecule has 0 aliphatic carbocycles. The van der Waals surface area contributed by atoms with Gasteiger partial charge in [-0.25, -0.2) is 4.39 Å². The summed E-state index contributed by atoms with van der Waals surface area (Å²) in [6.45, 7) is 5.65. The molecule has 1 amide bonds. The summed E-state index contributed by atoms with van der Waals surface area (Å²) in [5.74, 6) is -0.190. The lowest BCUT2D eigenvalue weighted by atomic mass is 9.86. The quantitative estimate of drug-likeness (QED) is 0.824. The molecule has 1 atom stereocenters. The predicted octanol–water partition coefficient (Wildman–Crippen LogP) is 2.84. The van der Waals surface area contributed by atoms with Crippen molar-refractivity contribution in [2.24, 2.45) is 0 Å². The van der Waals surface area contributed by atoms with Crippen molar-refractivity contribution < 1.29 is 18.7 Å². The number of carbonyl (C=O) groups is 1. The van der Waals surface area contributed by atoms with E-state index in [0.29, 0.717) is 19.7 Å². The molecule has 0 aromatic heterocycles. The molecule has 3 rings (SSSR count). The number of ether oxygens (including phenoxy) is 2. The van der Waals surface area contributed by atoms with Gasteiger partial charge in [0.15, 0.2) is 0 Å². The predicted molar refractivity (Wildman–Crippen MR) is 98.8 cm³/mol. The number of carbonyl (C=O) groups excluding carboxylic acids is 1. The topological polar surface area (TPSA) is 42.0 Å². The van der Waals surface area contributed by atoms with E-state index in [0.717, 1.165) is 24.9 Å². The lowest BCUT2D eigenvalue weighted by Gasteiger charge is -2.41. The second-order valence-corrected chi connectivity index (χ2v) is 7.95. The number of likely N-dealkylation sites (tertiary alicyclic amines) is 1. The number of hydrogen-bond acceptors (Lipinski definition) is 4. The molecule has 2 fully saturated rings. The molecule has 2 heterocycles. The minimum absolute atomic E-state index is 0.0350. The van der Waals surface area contributed by atoms with Gasteiger partial charge in [0.1, 0.15) is 11.4 Å². The van der Waals surface area contributed by atoms with Gasteiger partial charge in [0.25, 0.3) is 5.91 Å². The Kier molecular flexibility index (Phi) is 5.26. The zero-order valence-corrected chi connectivity index (χ0v) is 16.1. The van der Waals surface area contributed by atoms with Crippen molar-refractivity contribution in [3.05, 3.63) is 30.1 Å². The number of anilines is 1. The molecule has 0 radical (unpaired) electrons. The van der Waals surface area contributed by atoms with Crippen LogP contribution in [0, 0.1) is 5.82 Å². The highest BCUT2D eigenvalue weighted by Gasteiger charge is 2.45. The van der Waals surface area contributed by atoms with E-state index in [1.54, 1.807) is 33.1 Å². The van der Waals surface area contributed by atoms with Gasteiger partial charge in [-0.2, -0.15) is 0 Å². The fourth-order valence-corrected chi connectivity index (χ4v) is 3.89. The monoisotopic (exact) mass is 364 g/mol. The molecule has 0 unspecified atom stereocenters. The van der Waals surface area contributed by atoms with Gasteiger partial charge in [0, 0.05) is 32.9 Å². The number of rotatable bonds is 4. The van der Waals surface area contributed by atoms with Crippen molar-refractivity contribution in [1.29, 1.82) is 0 Å². The maximum atomic E-state index is 13.1. The highest BCUT2D eigenvalue weighted by Crippen LogP contribution is 2.38. The van der Waals surface area contributed by atoms with Crippen LogP contribution in [0.4, 0.5) is 10.1 Å². The van der Waals surface area contributed by atoms with Crippen LogP contribution in [0.2, 0.25) is 0 Å². The summed E-state index contributed by atoms with van der Waals surface area (Å²) in [6.07, 6.45) is 2.61. The molecule has 0 saturated carbocycles. The van der Waals surface area contributed by atoms with Crippen LogP contribution >= 0.6 is 0 Å². The van der Waals surface area contributed by atoms with E-state index in [1.165, 1.54) is 12.1 Å². The second kappa shape index (κ2) is 7.16. The lowest BCUT2D eigenvalue weighted by molar-refractivity contribution is -0.155. The summed E-state index contributed by atoms with van der Waals surface area (Å²) in [5.41, 5.74) is 0.0470. The van der Waals surface area contributed by atoms with Crippen molar-refractivity contribution in [2.45, 2.75) is 50.4 Å². The van der Waals surface area contributed by atoms with Crippen molar-refractivity contribution >= 4 is 11.6 Å². The van der Waals surface area contributed by atoms with Gasteiger partial charge in [-0.3, -0.25) is 4.79 Å². The molecule has 5 nitrogen and oxygen atoms in total. The van der Waals surface area contributed by atoms with E-state index in [-0.39, 0.29) is 23.4 Å². The SMILES string of the molecule is COC(C)(C)C(=O)N1CCC2(CC1)C[C@H](N(C)c1ccc(F)cc1)CO2. The maximum Gasteiger partial charge on any atom is 0.254 e. The summed E-state index contributed by atoms with van der Waals surface area (Å²) < 4.78 is 24.7. The number of hydrogen-bond donors (Lipinski definition) is 0. The highest BCUT2D eigenvalue weighted by molar-refractivity contribution is 5.84. The lowest BCUT2D eigenvalue weighted by Crippen LogP contribution is -2.53. The number of amides is 1. The molecular formula is C20H29FN2O3. The molecule has 144 valence electrons. The average molecular weight is 364 g/mol. The van der Waals surface area contributed by atoms with Crippen molar-refractivity contribution in [1.82, 2.24) is 4.90 Å². The molecule has 2 saturated heterocycles.